The summed E-state index contributed by atoms with van der Waals surface area (Å²) in [6, 6.07) is 11.9. The van der Waals surface area contributed by atoms with Gasteiger partial charge in [0.15, 0.2) is 0 Å². The van der Waals surface area contributed by atoms with E-state index in [2.05, 4.69) is 10.0 Å². The number of anilines is 1. The summed E-state index contributed by atoms with van der Waals surface area (Å²) in [6.45, 7) is 7.50. The predicted octanol–water partition coefficient (Wildman–Crippen LogP) is 3.86. The highest BCUT2D eigenvalue weighted by Crippen LogP contribution is 2.29. The molecule has 0 spiro atoms. The predicted molar refractivity (Wildman–Crippen MR) is 105 cm³/mol. The average Bonchev–Trinajstić information content (AvgIpc) is 2.55. The molecule has 2 aromatic rings. The van der Waals surface area contributed by atoms with E-state index < -0.39 is 15.9 Å². The maximum atomic E-state index is 12.3. The summed E-state index contributed by atoms with van der Waals surface area (Å²) in [7, 11) is -3.79. The quantitative estimate of drug-likeness (QED) is 0.808. The highest BCUT2D eigenvalue weighted by atomic mass is 35.5. The number of rotatable bonds is 5. The van der Waals surface area contributed by atoms with E-state index in [0.29, 0.717) is 16.3 Å². The van der Waals surface area contributed by atoms with Crippen LogP contribution in [0.3, 0.4) is 0 Å². The first kappa shape index (κ1) is 20.4. The molecular weight excluding hydrogens is 372 g/mol. The average molecular weight is 395 g/mol. The number of carbonyl (C=O) groups is 1. The molecule has 0 aliphatic rings. The molecule has 0 saturated carbocycles. The molecule has 0 unspecified atom stereocenters. The van der Waals surface area contributed by atoms with Gasteiger partial charge in [-0.25, -0.2) is 13.1 Å². The van der Waals surface area contributed by atoms with Crippen molar-refractivity contribution in [2.24, 2.45) is 0 Å². The number of hydrogen-bond donors (Lipinski definition) is 2. The first-order chi connectivity index (χ1) is 12.0. The van der Waals surface area contributed by atoms with Crippen LogP contribution < -0.4 is 10.0 Å². The summed E-state index contributed by atoms with van der Waals surface area (Å²) >= 11 is 5.92. The van der Waals surface area contributed by atoms with Gasteiger partial charge in [0.2, 0.25) is 15.9 Å². The lowest BCUT2D eigenvalue weighted by atomic mass is 9.86. The van der Waals surface area contributed by atoms with Crippen LogP contribution in [0.25, 0.3) is 0 Å². The number of hydrogen-bond acceptors (Lipinski definition) is 3. The summed E-state index contributed by atoms with van der Waals surface area (Å²) in [4.78, 5) is 12.3. The molecule has 0 aromatic heterocycles. The summed E-state index contributed by atoms with van der Waals surface area (Å²) < 4.78 is 27.0. The van der Waals surface area contributed by atoms with Crippen LogP contribution in [0.4, 0.5) is 5.69 Å². The summed E-state index contributed by atoms with van der Waals surface area (Å²) in [5.41, 5.74) is 2.15. The van der Waals surface area contributed by atoms with Crippen LogP contribution in [0.15, 0.2) is 47.4 Å². The Morgan fingerprint density at radius 2 is 1.77 bits per heavy atom. The Balaban J connectivity index is 2.08. The van der Waals surface area contributed by atoms with Crippen molar-refractivity contribution in [3.05, 3.63) is 58.6 Å². The molecule has 140 valence electrons. The highest BCUT2D eigenvalue weighted by molar-refractivity contribution is 7.89. The van der Waals surface area contributed by atoms with Gasteiger partial charge in [-0.15, -0.1) is 0 Å². The summed E-state index contributed by atoms with van der Waals surface area (Å²) in [5, 5.41) is 3.26. The van der Waals surface area contributed by atoms with Crippen LogP contribution in [0.1, 0.15) is 31.9 Å². The van der Waals surface area contributed by atoms with Crippen molar-refractivity contribution < 1.29 is 13.2 Å². The topological polar surface area (TPSA) is 75.3 Å². The first-order valence-corrected chi connectivity index (χ1v) is 10.0. The fourth-order valence-electron chi connectivity index (χ4n) is 2.47. The Labute approximate surface area is 159 Å². The molecule has 0 atom stereocenters. The zero-order valence-corrected chi connectivity index (χ0v) is 16.8. The Bertz CT molecular complexity index is 919. The lowest BCUT2D eigenvalue weighted by molar-refractivity contribution is -0.115. The molecule has 0 heterocycles. The van der Waals surface area contributed by atoms with E-state index in [-0.39, 0.29) is 16.9 Å². The molecule has 26 heavy (non-hydrogen) atoms. The van der Waals surface area contributed by atoms with Gasteiger partial charge < -0.3 is 5.32 Å². The fourth-order valence-corrected chi connectivity index (χ4v) is 3.65. The minimum Gasteiger partial charge on any atom is -0.325 e. The lowest BCUT2D eigenvalue weighted by Crippen LogP contribution is -2.33. The molecule has 5 nitrogen and oxygen atoms in total. The number of carbonyl (C=O) groups excluding carboxylic acids is 1. The fraction of sp³-hybridized carbons (Fsp3) is 0.316. The Morgan fingerprint density at radius 1 is 1.12 bits per heavy atom. The van der Waals surface area contributed by atoms with E-state index in [1.807, 2.05) is 39.0 Å². The molecule has 0 radical (unpaired) electrons. The van der Waals surface area contributed by atoms with Gasteiger partial charge in [0, 0.05) is 10.7 Å². The number of halogens is 1. The van der Waals surface area contributed by atoms with Crippen molar-refractivity contribution in [3.63, 3.8) is 0 Å². The second-order valence-electron chi connectivity index (χ2n) is 7.08. The molecule has 0 fully saturated rings. The van der Waals surface area contributed by atoms with Crippen molar-refractivity contribution >= 4 is 33.2 Å². The van der Waals surface area contributed by atoms with Gasteiger partial charge in [-0.2, -0.15) is 0 Å². The lowest BCUT2D eigenvalue weighted by Gasteiger charge is -2.23. The van der Waals surface area contributed by atoms with Crippen LogP contribution in [-0.4, -0.2) is 20.9 Å². The van der Waals surface area contributed by atoms with Crippen molar-refractivity contribution in [1.29, 1.82) is 0 Å². The number of para-hydroxylation sites is 1. The van der Waals surface area contributed by atoms with Gasteiger partial charge >= 0.3 is 0 Å². The van der Waals surface area contributed by atoms with Crippen molar-refractivity contribution in [2.75, 3.05) is 11.9 Å². The Hall–Kier alpha value is -1.89. The minimum absolute atomic E-state index is 0.0716. The first-order valence-electron chi connectivity index (χ1n) is 8.16. The maximum Gasteiger partial charge on any atom is 0.241 e. The van der Waals surface area contributed by atoms with Crippen LogP contribution in [0.2, 0.25) is 5.02 Å². The zero-order valence-electron chi connectivity index (χ0n) is 15.3. The van der Waals surface area contributed by atoms with Crippen molar-refractivity contribution in [3.8, 4) is 0 Å². The van der Waals surface area contributed by atoms with Gasteiger partial charge in [0.05, 0.1) is 11.4 Å². The van der Waals surface area contributed by atoms with Crippen LogP contribution in [0.5, 0.6) is 0 Å². The number of sulfonamides is 1. The smallest absolute Gasteiger partial charge is 0.241 e. The van der Waals surface area contributed by atoms with E-state index in [0.717, 1.165) is 5.56 Å². The van der Waals surface area contributed by atoms with Gasteiger partial charge in [0.1, 0.15) is 0 Å². The van der Waals surface area contributed by atoms with Crippen LogP contribution in [0, 0.1) is 6.92 Å². The SMILES string of the molecule is Cc1cc(S(=O)(=O)NCC(=O)Nc2ccccc2C(C)(C)C)ccc1Cl. The molecular formula is C19H23ClN2O3S. The number of aryl methyl sites for hydroxylation is 1. The third-order valence-electron chi connectivity index (χ3n) is 3.87. The largest absolute Gasteiger partial charge is 0.325 e. The second kappa shape index (κ2) is 7.78. The number of amides is 1. The Kier molecular flexibility index (Phi) is 6.11. The van der Waals surface area contributed by atoms with E-state index in [1.54, 1.807) is 13.0 Å². The van der Waals surface area contributed by atoms with Gasteiger partial charge in [0.25, 0.3) is 0 Å². The van der Waals surface area contributed by atoms with Crippen LogP contribution >= 0.6 is 11.6 Å². The van der Waals surface area contributed by atoms with Gasteiger partial charge in [-0.1, -0.05) is 50.6 Å². The molecule has 0 saturated heterocycles. The number of nitrogens with one attached hydrogen (secondary N) is 2. The van der Waals surface area contributed by atoms with E-state index in [1.165, 1.54) is 18.2 Å². The summed E-state index contributed by atoms with van der Waals surface area (Å²) in [6.07, 6.45) is 0. The Morgan fingerprint density at radius 3 is 2.38 bits per heavy atom. The normalized spacial score (nSPS) is 12.0. The van der Waals surface area contributed by atoms with Gasteiger partial charge in [-0.3, -0.25) is 4.79 Å². The monoisotopic (exact) mass is 394 g/mol. The second-order valence-corrected chi connectivity index (χ2v) is 9.25. The van der Waals surface area contributed by atoms with E-state index in [9.17, 15) is 13.2 Å². The van der Waals surface area contributed by atoms with E-state index in [4.69, 9.17) is 11.6 Å². The molecule has 0 bridgehead atoms. The minimum atomic E-state index is -3.79. The van der Waals surface area contributed by atoms with Crippen LogP contribution in [-0.2, 0) is 20.2 Å². The van der Waals surface area contributed by atoms with Crippen molar-refractivity contribution in [2.45, 2.75) is 38.0 Å². The third kappa shape index (κ3) is 5.06. The summed E-state index contributed by atoms with van der Waals surface area (Å²) in [5.74, 6) is -0.434. The molecule has 0 aliphatic heterocycles. The molecule has 0 aliphatic carbocycles. The molecule has 2 N–H and O–H groups in total. The molecule has 2 aromatic carbocycles. The highest BCUT2D eigenvalue weighted by Gasteiger charge is 2.20. The standard InChI is InChI=1S/C19H23ClN2O3S/c1-13-11-14(9-10-16(13)20)26(24,25)21-12-18(23)22-17-8-6-5-7-15(17)19(2,3)4/h5-11,21H,12H2,1-4H3,(H,22,23). The number of benzene rings is 2. The molecule has 2 rings (SSSR count). The van der Waals surface area contributed by atoms with E-state index >= 15 is 0 Å². The molecule has 7 heteroatoms. The van der Waals surface area contributed by atoms with Crippen molar-refractivity contribution in [1.82, 2.24) is 4.72 Å². The third-order valence-corrected chi connectivity index (χ3v) is 5.69. The van der Waals surface area contributed by atoms with Gasteiger partial charge in [-0.05, 0) is 47.7 Å². The zero-order chi connectivity index (χ0) is 19.5. The molecule has 1 amide bonds. The maximum absolute atomic E-state index is 12.3.